The van der Waals surface area contributed by atoms with Gasteiger partial charge in [-0.3, -0.25) is 9.78 Å². The molecule has 1 aliphatic heterocycles. The third kappa shape index (κ3) is 4.73. The molecule has 3 heterocycles. The number of halogens is 1. The molecule has 2 fully saturated rings. The monoisotopic (exact) mass is 386 g/mol. The molecule has 1 saturated carbocycles. The molecule has 1 aliphatic carbocycles. The Morgan fingerprint density at radius 2 is 2.11 bits per heavy atom. The van der Waals surface area contributed by atoms with Gasteiger partial charge in [0.1, 0.15) is 11.6 Å². The molecule has 0 unspecified atom stereocenters. The number of nitrogens with one attached hydrogen (secondary N) is 3. The first kappa shape index (κ1) is 18.1. The zero-order valence-electron chi connectivity index (χ0n) is 15.0. The number of carbonyl (C=O) groups is 1. The van der Waals surface area contributed by atoms with E-state index < -0.39 is 0 Å². The molecule has 1 amide bonds. The summed E-state index contributed by atoms with van der Waals surface area (Å²) in [5, 5.41) is 9.94. The highest BCUT2D eigenvalue weighted by Crippen LogP contribution is 2.30. The zero-order chi connectivity index (χ0) is 18.6. The van der Waals surface area contributed by atoms with Crippen molar-refractivity contribution >= 4 is 29.1 Å². The van der Waals surface area contributed by atoms with Crippen LogP contribution in [0.3, 0.4) is 0 Å². The number of anilines is 2. The van der Waals surface area contributed by atoms with E-state index in [0.717, 1.165) is 37.7 Å². The average Bonchev–Trinajstić information content (AvgIpc) is 3.53. The summed E-state index contributed by atoms with van der Waals surface area (Å²) in [4.78, 5) is 25.6. The first-order chi connectivity index (χ1) is 13.2. The Labute approximate surface area is 163 Å². The molecule has 1 saturated heterocycles. The van der Waals surface area contributed by atoms with Gasteiger partial charge >= 0.3 is 0 Å². The second-order valence-electron chi connectivity index (χ2n) is 7.20. The Hall–Kier alpha value is -2.25. The number of amides is 1. The van der Waals surface area contributed by atoms with Crippen molar-refractivity contribution in [2.75, 3.05) is 30.3 Å². The Bertz CT molecular complexity index is 820. The predicted molar refractivity (Wildman–Crippen MR) is 106 cm³/mol. The van der Waals surface area contributed by atoms with E-state index in [1.807, 2.05) is 0 Å². The van der Waals surface area contributed by atoms with Crippen molar-refractivity contribution in [2.24, 2.45) is 11.8 Å². The highest BCUT2D eigenvalue weighted by Gasteiger charge is 2.22. The fraction of sp³-hybridized carbons (Fsp3) is 0.474. The third-order valence-electron chi connectivity index (χ3n) is 4.95. The molecule has 0 spiro atoms. The number of nitrogens with zero attached hydrogens (tertiary/aromatic N) is 3. The number of piperidine rings is 1. The number of carbonyl (C=O) groups excluding carboxylic acids is 1. The van der Waals surface area contributed by atoms with Gasteiger partial charge in [0.15, 0.2) is 0 Å². The van der Waals surface area contributed by atoms with Gasteiger partial charge in [0.2, 0.25) is 5.91 Å². The number of aromatic nitrogens is 3. The van der Waals surface area contributed by atoms with Crippen LogP contribution in [-0.2, 0) is 4.79 Å². The van der Waals surface area contributed by atoms with Crippen molar-refractivity contribution in [1.82, 2.24) is 20.3 Å². The van der Waals surface area contributed by atoms with Crippen LogP contribution in [0.1, 0.15) is 25.7 Å². The van der Waals surface area contributed by atoms with Gasteiger partial charge in [-0.2, -0.15) is 0 Å². The standard InChI is InChI=1S/C19H23ClN6O/c20-15-9-24-17(26-19(27)13-2-1-5-21-8-13)6-14(15)16-10-22-11-18(25-16)23-7-12-3-4-12/h6,9-13,21H,1-5,7-8H2,(H,23,25)(H,24,26,27)/t13-/m1/s1. The molecule has 0 bridgehead atoms. The Kier molecular flexibility index (Phi) is 5.50. The van der Waals surface area contributed by atoms with Gasteiger partial charge in [0.05, 0.1) is 29.0 Å². The fourth-order valence-electron chi connectivity index (χ4n) is 3.16. The normalized spacial score (nSPS) is 19.5. The van der Waals surface area contributed by atoms with Gasteiger partial charge in [0, 0.05) is 24.8 Å². The molecule has 142 valence electrons. The summed E-state index contributed by atoms with van der Waals surface area (Å²) in [5.74, 6) is 1.90. The lowest BCUT2D eigenvalue weighted by Crippen LogP contribution is -2.37. The highest BCUT2D eigenvalue weighted by atomic mass is 35.5. The van der Waals surface area contributed by atoms with E-state index >= 15 is 0 Å². The fourth-order valence-corrected chi connectivity index (χ4v) is 3.36. The molecule has 2 aliphatic rings. The maximum atomic E-state index is 12.4. The molecule has 2 aromatic rings. The van der Waals surface area contributed by atoms with Crippen LogP contribution >= 0.6 is 11.6 Å². The molecule has 4 rings (SSSR count). The molecule has 0 aromatic carbocycles. The van der Waals surface area contributed by atoms with E-state index in [-0.39, 0.29) is 11.8 Å². The summed E-state index contributed by atoms with van der Waals surface area (Å²) in [7, 11) is 0. The molecule has 2 aromatic heterocycles. The summed E-state index contributed by atoms with van der Waals surface area (Å²) in [5.41, 5.74) is 1.35. The predicted octanol–water partition coefficient (Wildman–Crippen LogP) is 2.95. The van der Waals surface area contributed by atoms with E-state index in [9.17, 15) is 4.79 Å². The summed E-state index contributed by atoms with van der Waals surface area (Å²) in [6.45, 7) is 2.59. The Morgan fingerprint density at radius 3 is 2.89 bits per heavy atom. The topological polar surface area (TPSA) is 91.8 Å². The van der Waals surface area contributed by atoms with E-state index in [0.29, 0.717) is 28.6 Å². The van der Waals surface area contributed by atoms with Crippen molar-refractivity contribution in [1.29, 1.82) is 0 Å². The smallest absolute Gasteiger partial charge is 0.229 e. The van der Waals surface area contributed by atoms with Crippen LogP contribution < -0.4 is 16.0 Å². The molecule has 0 radical (unpaired) electrons. The van der Waals surface area contributed by atoms with Gasteiger partial charge in [-0.15, -0.1) is 0 Å². The van der Waals surface area contributed by atoms with Crippen molar-refractivity contribution < 1.29 is 4.79 Å². The molecular weight excluding hydrogens is 364 g/mol. The maximum Gasteiger partial charge on any atom is 0.229 e. The van der Waals surface area contributed by atoms with Crippen molar-refractivity contribution in [3.8, 4) is 11.3 Å². The van der Waals surface area contributed by atoms with E-state index in [1.165, 1.54) is 19.0 Å². The summed E-state index contributed by atoms with van der Waals surface area (Å²) < 4.78 is 0. The van der Waals surface area contributed by atoms with Crippen molar-refractivity contribution in [3.63, 3.8) is 0 Å². The molecule has 8 heteroatoms. The maximum absolute atomic E-state index is 12.4. The second-order valence-corrected chi connectivity index (χ2v) is 7.60. The van der Waals surface area contributed by atoms with Crippen LogP contribution in [0, 0.1) is 11.8 Å². The van der Waals surface area contributed by atoms with Crippen LogP contribution in [-0.4, -0.2) is 40.5 Å². The van der Waals surface area contributed by atoms with Gasteiger partial charge in [-0.25, -0.2) is 9.97 Å². The summed E-state index contributed by atoms with van der Waals surface area (Å²) in [6.07, 6.45) is 9.36. The van der Waals surface area contributed by atoms with Crippen LogP contribution in [0.15, 0.2) is 24.7 Å². The molecule has 3 N–H and O–H groups in total. The average molecular weight is 387 g/mol. The second kappa shape index (κ2) is 8.19. The van der Waals surface area contributed by atoms with Crippen molar-refractivity contribution in [3.05, 3.63) is 29.7 Å². The SMILES string of the molecule is O=C(Nc1cc(-c2cncc(NCC3CC3)n2)c(Cl)cn1)[C@@H]1CCCNC1. The first-order valence-electron chi connectivity index (χ1n) is 9.42. The van der Waals surface area contributed by atoms with E-state index in [4.69, 9.17) is 11.6 Å². The largest absolute Gasteiger partial charge is 0.368 e. The molecular formula is C19H23ClN6O. The van der Waals surface area contributed by atoms with Gasteiger partial charge in [-0.05, 0) is 44.2 Å². The van der Waals surface area contributed by atoms with Crippen LogP contribution in [0.2, 0.25) is 5.02 Å². The summed E-state index contributed by atoms with van der Waals surface area (Å²) >= 11 is 6.33. The quantitative estimate of drug-likeness (QED) is 0.707. The highest BCUT2D eigenvalue weighted by molar-refractivity contribution is 6.33. The number of hydrogen-bond acceptors (Lipinski definition) is 6. The summed E-state index contributed by atoms with van der Waals surface area (Å²) in [6, 6.07) is 1.76. The van der Waals surface area contributed by atoms with Gasteiger partial charge in [-0.1, -0.05) is 11.6 Å². The van der Waals surface area contributed by atoms with Crippen molar-refractivity contribution in [2.45, 2.75) is 25.7 Å². The number of rotatable bonds is 6. The first-order valence-corrected chi connectivity index (χ1v) is 9.80. The van der Waals surface area contributed by atoms with E-state index in [1.54, 1.807) is 18.5 Å². The van der Waals surface area contributed by atoms with Crippen LogP contribution in [0.25, 0.3) is 11.3 Å². The van der Waals surface area contributed by atoms with Crippen LogP contribution in [0.5, 0.6) is 0 Å². The Balaban J connectivity index is 1.49. The van der Waals surface area contributed by atoms with Gasteiger partial charge in [0.25, 0.3) is 0 Å². The lowest BCUT2D eigenvalue weighted by atomic mass is 9.99. The van der Waals surface area contributed by atoms with E-state index in [2.05, 4.69) is 30.9 Å². The minimum Gasteiger partial charge on any atom is -0.368 e. The molecule has 27 heavy (non-hydrogen) atoms. The van der Waals surface area contributed by atoms with Crippen LogP contribution in [0.4, 0.5) is 11.6 Å². The minimum absolute atomic E-state index is 0.0195. The molecule has 7 nitrogen and oxygen atoms in total. The number of hydrogen-bond donors (Lipinski definition) is 3. The third-order valence-corrected chi connectivity index (χ3v) is 5.25. The van der Waals surface area contributed by atoms with Gasteiger partial charge < -0.3 is 16.0 Å². The lowest BCUT2D eigenvalue weighted by molar-refractivity contribution is -0.120. The zero-order valence-corrected chi connectivity index (χ0v) is 15.8. The Morgan fingerprint density at radius 1 is 1.22 bits per heavy atom. The molecule has 1 atom stereocenters. The lowest BCUT2D eigenvalue weighted by Gasteiger charge is -2.21. The minimum atomic E-state index is -0.0329. The number of pyridine rings is 1.